The number of hydrogen-bond acceptors (Lipinski definition) is 2. The van der Waals surface area contributed by atoms with E-state index in [1.807, 2.05) is 19.1 Å². The molecule has 24 heavy (non-hydrogen) atoms. The zero-order chi connectivity index (χ0) is 17.6. The van der Waals surface area contributed by atoms with Crippen LogP contribution in [0.2, 0.25) is 10.0 Å². The van der Waals surface area contributed by atoms with Crippen molar-refractivity contribution in [2.24, 2.45) is 10.4 Å². The molecule has 0 radical (unpaired) electrons. The van der Waals surface area contributed by atoms with Gasteiger partial charge < -0.3 is 15.4 Å². The minimum atomic E-state index is 0.0412. The van der Waals surface area contributed by atoms with E-state index < -0.39 is 0 Å². The molecule has 0 amide bonds. The van der Waals surface area contributed by atoms with Gasteiger partial charge in [0.1, 0.15) is 0 Å². The van der Waals surface area contributed by atoms with Crippen LogP contribution in [0, 0.1) is 5.41 Å². The van der Waals surface area contributed by atoms with Crippen LogP contribution in [0.15, 0.2) is 23.2 Å². The van der Waals surface area contributed by atoms with Crippen LogP contribution in [-0.4, -0.2) is 32.8 Å². The molecule has 0 saturated heterocycles. The fourth-order valence-electron chi connectivity index (χ4n) is 2.73. The van der Waals surface area contributed by atoms with Crippen molar-refractivity contribution in [3.05, 3.63) is 33.8 Å². The second kappa shape index (κ2) is 8.93. The fraction of sp³-hybridized carbons (Fsp3) is 0.611. The van der Waals surface area contributed by atoms with Gasteiger partial charge in [0.15, 0.2) is 5.96 Å². The Balaban J connectivity index is 1.86. The number of nitrogens with zero attached hydrogens (tertiary/aromatic N) is 1. The van der Waals surface area contributed by atoms with E-state index in [9.17, 15) is 0 Å². The average molecular weight is 372 g/mol. The molecule has 1 saturated carbocycles. The minimum Gasteiger partial charge on any atom is -0.382 e. The van der Waals surface area contributed by atoms with Gasteiger partial charge in [-0.1, -0.05) is 29.3 Å². The highest BCUT2D eigenvalue weighted by Crippen LogP contribution is 2.48. The first-order valence-corrected chi connectivity index (χ1v) is 9.25. The molecule has 134 valence electrons. The Morgan fingerprint density at radius 2 is 2.12 bits per heavy atom. The molecule has 1 aromatic rings. The quantitative estimate of drug-likeness (QED) is 0.403. The van der Waals surface area contributed by atoms with Gasteiger partial charge in [-0.25, -0.2) is 0 Å². The molecule has 1 unspecified atom stereocenters. The summed E-state index contributed by atoms with van der Waals surface area (Å²) in [5, 5.41) is 8.14. The smallest absolute Gasteiger partial charge is 0.191 e. The largest absolute Gasteiger partial charge is 0.382 e. The normalized spacial score (nSPS) is 17.5. The molecule has 0 aliphatic heterocycles. The lowest BCUT2D eigenvalue weighted by atomic mass is 10.0. The molecule has 2 N–H and O–H groups in total. The van der Waals surface area contributed by atoms with E-state index in [1.54, 1.807) is 13.1 Å². The number of guanidine groups is 1. The maximum Gasteiger partial charge on any atom is 0.191 e. The standard InChI is InChI=1S/C18H27Cl2N3O/c1-4-24-10-9-18(7-8-18)12-22-17(21-3)23-13(2)15-6-5-14(19)11-16(15)20/h5-6,11,13H,4,7-10,12H2,1-3H3,(H2,21,22,23). The van der Waals surface area contributed by atoms with Crippen LogP contribution >= 0.6 is 23.2 Å². The Bertz CT molecular complexity index is 573. The van der Waals surface area contributed by atoms with Crippen molar-refractivity contribution < 1.29 is 4.74 Å². The van der Waals surface area contributed by atoms with Gasteiger partial charge >= 0.3 is 0 Å². The van der Waals surface area contributed by atoms with E-state index in [0.29, 0.717) is 15.5 Å². The number of benzene rings is 1. The predicted molar refractivity (Wildman–Crippen MR) is 102 cm³/mol. The summed E-state index contributed by atoms with van der Waals surface area (Å²) in [4.78, 5) is 4.32. The Hall–Kier alpha value is -0.970. The van der Waals surface area contributed by atoms with Crippen LogP contribution in [0.3, 0.4) is 0 Å². The molecule has 2 rings (SSSR count). The molecule has 1 aromatic carbocycles. The van der Waals surface area contributed by atoms with Gasteiger partial charge in [0, 0.05) is 36.9 Å². The van der Waals surface area contributed by atoms with Crippen molar-refractivity contribution >= 4 is 29.2 Å². The van der Waals surface area contributed by atoms with Gasteiger partial charge in [0.25, 0.3) is 0 Å². The van der Waals surface area contributed by atoms with Gasteiger partial charge in [-0.3, -0.25) is 4.99 Å². The molecular formula is C18H27Cl2N3O. The molecular weight excluding hydrogens is 345 g/mol. The van der Waals surface area contributed by atoms with Gasteiger partial charge in [-0.2, -0.15) is 0 Å². The number of rotatable bonds is 8. The van der Waals surface area contributed by atoms with Crippen molar-refractivity contribution in [1.82, 2.24) is 10.6 Å². The highest BCUT2D eigenvalue weighted by atomic mass is 35.5. The number of halogens is 2. The Labute approximate surface area is 155 Å². The number of hydrogen-bond donors (Lipinski definition) is 2. The van der Waals surface area contributed by atoms with E-state index in [2.05, 4.69) is 22.5 Å². The van der Waals surface area contributed by atoms with Gasteiger partial charge in [-0.05, 0) is 56.2 Å². The van der Waals surface area contributed by atoms with Gasteiger partial charge in [0.05, 0.1) is 6.04 Å². The Morgan fingerprint density at radius 3 is 2.71 bits per heavy atom. The first kappa shape index (κ1) is 19.4. The third-order valence-electron chi connectivity index (χ3n) is 4.57. The molecule has 0 heterocycles. The summed E-state index contributed by atoms with van der Waals surface area (Å²) in [7, 11) is 1.78. The summed E-state index contributed by atoms with van der Waals surface area (Å²) in [5.74, 6) is 0.788. The van der Waals surface area contributed by atoms with E-state index in [0.717, 1.165) is 37.7 Å². The Kier molecular flexibility index (Phi) is 7.20. The lowest BCUT2D eigenvalue weighted by Gasteiger charge is -2.22. The lowest BCUT2D eigenvalue weighted by Crippen LogP contribution is -2.41. The average Bonchev–Trinajstić information content (AvgIpc) is 3.31. The van der Waals surface area contributed by atoms with Crippen LogP contribution < -0.4 is 10.6 Å². The van der Waals surface area contributed by atoms with Crippen molar-refractivity contribution in [2.75, 3.05) is 26.8 Å². The van der Waals surface area contributed by atoms with Crippen molar-refractivity contribution in [3.8, 4) is 0 Å². The number of ether oxygens (including phenoxy) is 1. The predicted octanol–water partition coefficient (Wildman–Crippen LogP) is 4.43. The summed E-state index contributed by atoms with van der Waals surface area (Å²) in [6.45, 7) is 6.63. The SMILES string of the molecule is CCOCCC1(CNC(=NC)NC(C)c2ccc(Cl)cc2Cl)CC1. The minimum absolute atomic E-state index is 0.0412. The third kappa shape index (κ3) is 5.54. The van der Waals surface area contributed by atoms with Crippen LogP contribution in [0.25, 0.3) is 0 Å². The fourth-order valence-corrected chi connectivity index (χ4v) is 3.30. The second-order valence-corrected chi connectivity index (χ2v) is 7.25. The zero-order valence-corrected chi connectivity index (χ0v) is 16.2. The van der Waals surface area contributed by atoms with Crippen LogP contribution in [0.4, 0.5) is 0 Å². The maximum absolute atomic E-state index is 6.28. The summed E-state index contributed by atoms with van der Waals surface area (Å²) >= 11 is 12.2. The molecule has 1 aliphatic rings. The van der Waals surface area contributed by atoms with E-state index >= 15 is 0 Å². The topological polar surface area (TPSA) is 45.6 Å². The van der Waals surface area contributed by atoms with Crippen LogP contribution in [-0.2, 0) is 4.74 Å². The highest BCUT2D eigenvalue weighted by Gasteiger charge is 2.42. The van der Waals surface area contributed by atoms with Crippen LogP contribution in [0.5, 0.6) is 0 Å². The molecule has 1 aliphatic carbocycles. The van der Waals surface area contributed by atoms with Crippen LogP contribution in [0.1, 0.15) is 44.7 Å². The van der Waals surface area contributed by atoms with Crippen molar-refractivity contribution in [1.29, 1.82) is 0 Å². The molecule has 1 atom stereocenters. The molecule has 0 bridgehead atoms. The summed E-state index contributed by atoms with van der Waals surface area (Å²) < 4.78 is 5.49. The van der Waals surface area contributed by atoms with Crippen molar-refractivity contribution in [2.45, 2.75) is 39.2 Å². The first-order valence-electron chi connectivity index (χ1n) is 8.49. The molecule has 4 nitrogen and oxygen atoms in total. The lowest BCUT2D eigenvalue weighted by molar-refractivity contribution is 0.128. The molecule has 1 fully saturated rings. The van der Waals surface area contributed by atoms with Crippen molar-refractivity contribution in [3.63, 3.8) is 0 Å². The second-order valence-electron chi connectivity index (χ2n) is 6.40. The van der Waals surface area contributed by atoms with E-state index in [-0.39, 0.29) is 6.04 Å². The first-order chi connectivity index (χ1) is 11.5. The molecule has 0 aromatic heterocycles. The Morgan fingerprint density at radius 1 is 1.38 bits per heavy atom. The molecule has 6 heteroatoms. The monoisotopic (exact) mass is 371 g/mol. The third-order valence-corrected chi connectivity index (χ3v) is 5.14. The molecule has 0 spiro atoms. The van der Waals surface area contributed by atoms with E-state index in [1.165, 1.54) is 12.8 Å². The summed E-state index contributed by atoms with van der Waals surface area (Å²) in [5.41, 5.74) is 1.37. The van der Waals surface area contributed by atoms with E-state index in [4.69, 9.17) is 27.9 Å². The summed E-state index contributed by atoms with van der Waals surface area (Å²) in [6, 6.07) is 5.60. The summed E-state index contributed by atoms with van der Waals surface area (Å²) in [6.07, 6.45) is 3.61. The highest BCUT2D eigenvalue weighted by molar-refractivity contribution is 6.35. The van der Waals surface area contributed by atoms with Gasteiger partial charge in [0.2, 0.25) is 0 Å². The zero-order valence-electron chi connectivity index (χ0n) is 14.7. The van der Waals surface area contributed by atoms with Gasteiger partial charge in [-0.15, -0.1) is 0 Å². The maximum atomic E-state index is 6.28. The number of aliphatic imine (C=N–C) groups is 1. The number of nitrogens with one attached hydrogen (secondary N) is 2.